The molecular formula is C42H64N2. The highest BCUT2D eigenvalue weighted by Crippen LogP contribution is 2.38. The molecular weight excluding hydrogens is 532 g/mol. The minimum absolute atomic E-state index is 0.906. The van der Waals surface area contributed by atoms with Crippen molar-refractivity contribution in [3.05, 3.63) is 87.0 Å². The molecule has 1 aliphatic heterocycles. The van der Waals surface area contributed by atoms with Crippen LogP contribution in [0.3, 0.4) is 0 Å². The van der Waals surface area contributed by atoms with Gasteiger partial charge in [-0.15, -0.1) is 0 Å². The fourth-order valence-corrected chi connectivity index (χ4v) is 6.74. The molecule has 2 nitrogen and oxygen atoms in total. The van der Waals surface area contributed by atoms with Gasteiger partial charge in [0, 0.05) is 22.8 Å². The van der Waals surface area contributed by atoms with Crippen LogP contribution in [0.25, 0.3) is 16.9 Å². The normalized spacial score (nSPS) is 13.3. The second-order valence-electron chi connectivity index (χ2n) is 13.4. The zero-order chi connectivity index (χ0) is 31.6. The lowest BCUT2D eigenvalue weighted by atomic mass is 9.95. The van der Waals surface area contributed by atoms with Crippen LogP contribution in [0.15, 0.2) is 48.0 Å². The zero-order valence-electron chi connectivity index (χ0n) is 29.3. The Morgan fingerprint density at radius 3 is 1.16 bits per heavy atom. The van der Waals surface area contributed by atoms with Crippen molar-refractivity contribution in [1.29, 1.82) is 0 Å². The van der Waals surface area contributed by atoms with Crippen LogP contribution in [0.5, 0.6) is 0 Å². The number of allylic oxidation sites excluding steroid dienone is 2. The molecule has 0 fully saturated rings. The van der Waals surface area contributed by atoms with Crippen molar-refractivity contribution in [2.45, 2.75) is 169 Å². The summed E-state index contributed by atoms with van der Waals surface area (Å²) in [6, 6.07) is 14.4. The first-order valence-electron chi connectivity index (χ1n) is 18.7. The standard InChI is InChI=1S/C42H64N2/c1-6-11-15-19-23-34-27-35(24-20-16-12-7-2)30-39(29-34)41-33-38(10-5)42(44(41)43)40-31-36(25-21-17-13-8-3)28-37(32-40)26-22-18-14-9-4/h27-33H,6-26H2,1-5H3. The lowest BCUT2D eigenvalue weighted by Gasteiger charge is -2.15. The van der Waals surface area contributed by atoms with E-state index in [2.05, 4.69) is 77.1 Å². The van der Waals surface area contributed by atoms with E-state index in [-0.39, 0.29) is 0 Å². The minimum atomic E-state index is 0.906. The van der Waals surface area contributed by atoms with Crippen molar-refractivity contribution in [3.8, 4) is 0 Å². The van der Waals surface area contributed by atoms with E-state index in [4.69, 9.17) is 0 Å². The molecule has 0 amide bonds. The molecule has 0 aromatic heterocycles. The second kappa shape index (κ2) is 20.5. The monoisotopic (exact) mass is 597 g/mol. The van der Waals surface area contributed by atoms with Crippen molar-refractivity contribution < 1.29 is 4.70 Å². The Morgan fingerprint density at radius 1 is 0.455 bits per heavy atom. The number of nitrogens with zero attached hydrogens (tertiary/aromatic N) is 2. The summed E-state index contributed by atoms with van der Waals surface area (Å²) < 4.78 is 1.53. The average molecular weight is 597 g/mol. The summed E-state index contributed by atoms with van der Waals surface area (Å²) in [5.74, 6) is 0. The second-order valence-corrected chi connectivity index (χ2v) is 13.4. The van der Waals surface area contributed by atoms with E-state index in [0.717, 1.165) is 43.5 Å². The molecule has 0 unspecified atom stereocenters. The van der Waals surface area contributed by atoms with Gasteiger partial charge in [-0.25, -0.2) is 4.70 Å². The summed E-state index contributed by atoms with van der Waals surface area (Å²) in [7, 11) is 0. The van der Waals surface area contributed by atoms with Crippen molar-refractivity contribution in [1.82, 2.24) is 0 Å². The molecule has 0 saturated carbocycles. The predicted octanol–water partition coefficient (Wildman–Crippen LogP) is 13.4. The topological polar surface area (TPSA) is 25.3 Å². The molecule has 2 aromatic carbocycles. The van der Waals surface area contributed by atoms with E-state index in [1.54, 1.807) is 0 Å². The largest absolute Gasteiger partial charge is 0.493 e. The Kier molecular flexibility index (Phi) is 16.8. The Hall–Kier alpha value is -2.48. The molecule has 0 atom stereocenters. The van der Waals surface area contributed by atoms with Crippen molar-refractivity contribution in [3.63, 3.8) is 0 Å². The van der Waals surface area contributed by atoms with Gasteiger partial charge >= 0.3 is 0 Å². The molecule has 0 aliphatic carbocycles. The number of unbranched alkanes of at least 4 members (excludes halogenated alkanes) is 12. The summed E-state index contributed by atoms with van der Waals surface area (Å²) in [6.45, 7) is 11.4. The Morgan fingerprint density at radius 2 is 0.818 bits per heavy atom. The van der Waals surface area contributed by atoms with E-state index >= 15 is 0 Å². The maximum atomic E-state index is 11.9. The van der Waals surface area contributed by atoms with Crippen molar-refractivity contribution >= 4 is 11.4 Å². The summed E-state index contributed by atoms with van der Waals surface area (Å²) in [4.78, 5) is 0. The maximum Gasteiger partial charge on any atom is 0.210 e. The predicted molar refractivity (Wildman–Crippen MR) is 193 cm³/mol. The van der Waals surface area contributed by atoms with E-state index < -0.39 is 0 Å². The van der Waals surface area contributed by atoms with Crippen molar-refractivity contribution in [2.75, 3.05) is 0 Å². The van der Waals surface area contributed by atoms with Gasteiger partial charge in [0.25, 0.3) is 0 Å². The molecule has 2 aromatic rings. The van der Waals surface area contributed by atoms with Crippen LogP contribution in [-0.2, 0) is 25.7 Å². The smallest absolute Gasteiger partial charge is 0.210 e. The molecule has 0 radical (unpaired) electrons. The van der Waals surface area contributed by atoms with Gasteiger partial charge in [-0.05, 0) is 104 Å². The van der Waals surface area contributed by atoms with Gasteiger partial charge in [-0.3, -0.25) is 0 Å². The maximum absolute atomic E-state index is 11.9. The first kappa shape index (κ1) is 36.0. The molecule has 0 spiro atoms. The van der Waals surface area contributed by atoms with Crippen LogP contribution in [0.4, 0.5) is 0 Å². The Balaban J connectivity index is 1.91. The quantitative estimate of drug-likeness (QED) is 0.0900. The SMILES string of the molecule is CCCCCCc1cc(CCCCCC)cc(C2=CC(CC)=C(c3cc(CCCCCC)cc(CCCCCC)c3)[N+]2=[N-])c1. The van der Waals surface area contributed by atoms with E-state index in [1.807, 2.05) is 0 Å². The third kappa shape index (κ3) is 11.5. The highest BCUT2D eigenvalue weighted by molar-refractivity contribution is 5.79. The molecule has 1 heterocycles. The number of hydrogen-bond acceptors (Lipinski definition) is 0. The fraction of sp³-hybridized carbons (Fsp3) is 0.619. The van der Waals surface area contributed by atoms with Crippen LogP contribution < -0.4 is 0 Å². The number of rotatable bonds is 23. The van der Waals surface area contributed by atoms with Gasteiger partial charge in [0.1, 0.15) is 0 Å². The Bertz CT molecular complexity index is 1150. The summed E-state index contributed by atoms with van der Waals surface area (Å²) >= 11 is 0. The van der Waals surface area contributed by atoms with Gasteiger partial charge in [-0.2, -0.15) is 0 Å². The van der Waals surface area contributed by atoms with Gasteiger partial charge in [0.05, 0.1) is 0 Å². The lowest BCUT2D eigenvalue weighted by molar-refractivity contribution is -0.344. The van der Waals surface area contributed by atoms with Crippen LogP contribution in [0.1, 0.15) is 177 Å². The molecule has 0 saturated heterocycles. The number of aryl methyl sites for hydroxylation is 4. The molecule has 0 N–H and O–H groups in total. The highest BCUT2D eigenvalue weighted by Gasteiger charge is 2.29. The van der Waals surface area contributed by atoms with Gasteiger partial charge in [-0.1, -0.05) is 124 Å². The molecule has 0 bridgehead atoms. The summed E-state index contributed by atoms with van der Waals surface area (Å²) in [6.07, 6.45) is 28.1. The average Bonchev–Trinajstić information content (AvgIpc) is 3.38. The zero-order valence-corrected chi connectivity index (χ0v) is 29.3. The van der Waals surface area contributed by atoms with Crippen LogP contribution >= 0.6 is 0 Å². The third-order valence-corrected chi connectivity index (χ3v) is 9.39. The Labute approximate surface area is 271 Å². The molecule has 3 rings (SSSR count). The van der Waals surface area contributed by atoms with E-state index in [9.17, 15) is 5.53 Å². The molecule has 242 valence electrons. The number of benzene rings is 2. The van der Waals surface area contributed by atoms with E-state index in [1.165, 1.54) is 146 Å². The fourth-order valence-electron chi connectivity index (χ4n) is 6.74. The van der Waals surface area contributed by atoms with E-state index in [0.29, 0.717) is 0 Å². The van der Waals surface area contributed by atoms with Crippen LogP contribution in [0.2, 0.25) is 0 Å². The minimum Gasteiger partial charge on any atom is -0.493 e. The summed E-state index contributed by atoms with van der Waals surface area (Å²) in [5, 5.41) is 0. The van der Waals surface area contributed by atoms with Crippen LogP contribution in [0, 0.1) is 0 Å². The van der Waals surface area contributed by atoms with Gasteiger partial charge < -0.3 is 5.53 Å². The summed E-state index contributed by atoms with van der Waals surface area (Å²) in [5.41, 5.74) is 23.1. The molecule has 2 heteroatoms. The van der Waals surface area contributed by atoms with Crippen LogP contribution in [-0.4, -0.2) is 4.70 Å². The third-order valence-electron chi connectivity index (χ3n) is 9.39. The van der Waals surface area contributed by atoms with Gasteiger partial charge in [0.2, 0.25) is 11.4 Å². The lowest BCUT2D eigenvalue weighted by Crippen LogP contribution is -2.05. The first-order chi connectivity index (χ1) is 21.5. The van der Waals surface area contributed by atoms with Crippen molar-refractivity contribution in [2.24, 2.45) is 0 Å². The molecule has 44 heavy (non-hydrogen) atoms. The first-order valence-corrected chi connectivity index (χ1v) is 18.7. The number of hydrogen-bond donors (Lipinski definition) is 0. The molecule has 1 aliphatic rings. The highest BCUT2D eigenvalue weighted by atomic mass is 15.2. The van der Waals surface area contributed by atoms with Gasteiger partial charge in [0.15, 0.2) is 0 Å².